The highest BCUT2D eigenvalue weighted by Crippen LogP contribution is 2.40. The smallest absolute Gasteiger partial charge is 0.335 e. The fourth-order valence-electron chi connectivity index (χ4n) is 3.25. The Bertz CT molecular complexity index is 926. The van der Waals surface area contributed by atoms with Crippen LogP contribution in [0.3, 0.4) is 0 Å². The van der Waals surface area contributed by atoms with Gasteiger partial charge in [-0.25, -0.2) is 4.79 Å². The predicted octanol–water partition coefficient (Wildman–Crippen LogP) is 3.49. The Kier molecular flexibility index (Phi) is 3.43. The number of carbonyl (C=O) groups is 1. The summed E-state index contributed by atoms with van der Waals surface area (Å²) in [4.78, 5) is 11.0. The zero-order valence-corrected chi connectivity index (χ0v) is 13.2. The third kappa shape index (κ3) is 2.30. The first-order chi connectivity index (χ1) is 11.7. The van der Waals surface area contributed by atoms with Crippen LogP contribution in [0.2, 0.25) is 0 Å². The number of fused-ring (bicyclic) bond motifs is 3. The Morgan fingerprint density at radius 1 is 1.25 bits per heavy atom. The second-order valence-electron chi connectivity index (χ2n) is 5.91. The van der Waals surface area contributed by atoms with Gasteiger partial charge in [0.15, 0.2) is 0 Å². The molecular weight excluding hydrogens is 304 g/mol. The first-order valence-electron chi connectivity index (χ1n) is 7.69. The van der Waals surface area contributed by atoms with Crippen LogP contribution < -0.4 is 0 Å². The topological polar surface area (TPSA) is 75.2 Å². The van der Waals surface area contributed by atoms with E-state index in [9.17, 15) is 4.79 Å². The molecule has 5 nitrogen and oxygen atoms in total. The van der Waals surface area contributed by atoms with Crippen molar-refractivity contribution in [1.82, 2.24) is 10.2 Å². The molecule has 0 bridgehead atoms. The lowest BCUT2D eigenvalue weighted by atomic mass is 10.0. The molecule has 0 fully saturated rings. The van der Waals surface area contributed by atoms with E-state index >= 15 is 0 Å². The van der Waals surface area contributed by atoms with Crippen LogP contribution in [0, 0.1) is 0 Å². The minimum absolute atomic E-state index is 0.276. The van der Waals surface area contributed by atoms with Gasteiger partial charge in [0.25, 0.3) is 0 Å². The maximum absolute atomic E-state index is 11.0. The molecule has 0 saturated heterocycles. The Morgan fingerprint density at radius 3 is 2.75 bits per heavy atom. The van der Waals surface area contributed by atoms with Crippen LogP contribution >= 0.6 is 0 Å². The standard InChI is InChI=1S/C19H16N2O3/c1-24-10-11-2-7-15-14(8-11)9-16-17(20-21-18(15)16)12-3-5-13(6-4-12)19(22)23/h2-8H,9-10H2,1H3,(H,20,21)(H,22,23). The Hall–Kier alpha value is -2.92. The summed E-state index contributed by atoms with van der Waals surface area (Å²) in [7, 11) is 1.69. The van der Waals surface area contributed by atoms with Gasteiger partial charge in [-0.05, 0) is 23.3 Å². The van der Waals surface area contributed by atoms with E-state index in [4.69, 9.17) is 9.84 Å². The summed E-state index contributed by atoms with van der Waals surface area (Å²) in [6.07, 6.45) is 0.814. The number of aromatic carboxylic acids is 1. The molecule has 0 radical (unpaired) electrons. The lowest BCUT2D eigenvalue weighted by molar-refractivity contribution is 0.0697. The van der Waals surface area contributed by atoms with Crippen molar-refractivity contribution in [3.8, 4) is 22.5 Å². The van der Waals surface area contributed by atoms with Crippen molar-refractivity contribution in [2.75, 3.05) is 7.11 Å². The molecular formula is C19H16N2O3. The molecule has 0 spiro atoms. The zero-order valence-electron chi connectivity index (χ0n) is 13.2. The number of nitrogens with one attached hydrogen (secondary N) is 1. The molecule has 2 N–H and O–H groups in total. The van der Waals surface area contributed by atoms with Gasteiger partial charge in [0.1, 0.15) is 0 Å². The fraction of sp³-hybridized carbons (Fsp3) is 0.158. The van der Waals surface area contributed by atoms with E-state index in [1.54, 1.807) is 31.4 Å². The summed E-state index contributed by atoms with van der Waals surface area (Å²) < 4.78 is 5.20. The molecule has 5 heteroatoms. The number of benzene rings is 2. The van der Waals surface area contributed by atoms with E-state index in [0.717, 1.165) is 34.5 Å². The lowest BCUT2D eigenvalue weighted by Crippen LogP contribution is -1.95. The minimum atomic E-state index is -0.924. The number of hydrogen-bond donors (Lipinski definition) is 2. The van der Waals surface area contributed by atoms with Crippen molar-refractivity contribution < 1.29 is 14.6 Å². The fourth-order valence-corrected chi connectivity index (χ4v) is 3.25. The molecule has 0 aliphatic heterocycles. The van der Waals surface area contributed by atoms with Crippen LogP contribution in [-0.2, 0) is 17.8 Å². The lowest BCUT2D eigenvalue weighted by Gasteiger charge is -2.04. The van der Waals surface area contributed by atoms with E-state index in [1.807, 2.05) is 0 Å². The summed E-state index contributed by atoms with van der Waals surface area (Å²) >= 11 is 0. The molecule has 2 aromatic carbocycles. The highest BCUT2D eigenvalue weighted by Gasteiger charge is 2.25. The maximum atomic E-state index is 11.0. The summed E-state index contributed by atoms with van der Waals surface area (Å²) in [5.74, 6) is -0.924. The molecule has 4 rings (SSSR count). The Labute approximate surface area is 138 Å². The van der Waals surface area contributed by atoms with Crippen LogP contribution in [0.25, 0.3) is 22.5 Å². The number of H-pyrrole nitrogens is 1. The monoisotopic (exact) mass is 320 g/mol. The first kappa shape index (κ1) is 14.7. The van der Waals surface area contributed by atoms with E-state index in [0.29, 0.717) is 6.61 Å². The third-order valence-corrected chi connectivity index (χ3v) is 4.39. The third-order valence-electron chi connectivity index (χ3n) is 4.39. The van der Waals surface area contributed by atoms with Crippen molar-refractivity contribution in [3.63, 3.8) is 0 Å². The van der Waals surface area contributed by atoms with Gasteiger partial charge in [-0.1, -0.05) is 30.3 Å². The van der Waals surface area contributed by atoms with E-state index in [1.165, 1.54) is 11.1 Å². The van der Waals surface area contributed by atoms with Crippen molar-refractivity contribution >= 4 is 5.97 Å². The van der Waals surface area contributed by atoms with E-state index in [2.05, 4.69) is 28.4 Å². The van der Waals surface area contributed by atoms with Crippen LogP contribution in [0.5, 0.6) is 0 Å². The van der Waals surface area contributed by atoms with Gasteiger partial charge in [-0.2, -0.15) is 5.10 Å². The molecule has 1 heterocycles. The second kappa shape index (κ2) is 5.62. The summed E-state index contributed by atoms with van der Waals surface area (Å²) in [6.45, 7) is 0.600. The second-order valence-corrected chi connectivity index (χ2v) is 5.91. The normalized spacial score (nSPS) is 12.0. The van der Waals surface area contributed by atoms with Gasteiger partial charge in [0.2, 0.25) is 0 Å². The van der Waals surface area contributed by atoms with E-state index in [-0.39, 0.29) is 5.56 Å². The van der Waals surface area contributed by atoms with Gasteiger partial charge < -0.3 is 9.84 Å². The van der Waals surface area contributed by atoms with Gasteiger partial charge >= 0.3 is 5.97 Å². The molecule has 0 amide bonds. The number of nitrogens with zero attached hydrogens (tertiary/aromatic N) is 1. The summed E-state index contributed by atoms with van der Waals surface area (Å²) in [6, 6.07) is 13.2. The van der Waals surface area contributed by atoms with Crippen LogP contribution in [0.15, 0.2) is 42.5 Å². The van der Waals surface area contributed by atoms with Gasteiger partial charge in [-0.3, -0.25) is 5.10 Å². The van der Waals surface area contributed by atoms with Crippen molar-refractivity contribution in [2.24, 2.45) is 0 Å². The summed E-state index contributed by atoms with van der Waals surface area (Å²) in [5, 5.41) is 16.6. The number of methoxy groups -OCH3 is 1. The van der Waals surface area contributed by atoms with Crippen molar-refractivity contribution in [1.29, 1.82) is 0 Å². The maximum Gasteiger partial charge on any atom is 0.335 e. The van der Waals surface area contributed by atoms with Crippen molar-refractivity contribution in [2.45, 2.75) is 13.0 Å². The molecule has 0 unspecified atom stereocenters. The quantitative estimate of drug-likeness (QED) is 0.603. The molecule has 1 aromatic heterocycles. The van der Waals surface area contributed by atoms with Crippen molar-refractivity contribution in [3.05, 3.63) is 64.7 Å². The number of carboxylic acids is 1. The Morgan fingerprint density at radius 2 is 2.04 bits per heavy atom. The van der Waals surface area contributed by atoms with Gasteiger partial charge in [-0.15, -0.1) is 0 Å². The molecule has 120 valence electrons. The zero-order chi connectivity index (χ0) is 16.7. The highest BCUT2D eigenvalue weighted by molar-refractivity contribution is 5.88. The largest absolute Gasteiger partial charge is 0.478 e. The average molecular weight is 320 g/mol. The molecule has 0 atom stereocenters. The first-order valence-corrected chi connectivity index (χ1v) is 7.69. The van der Waals surface area contributed by atoms with Crippen LogP contribution in [-0.4, -0.2) is 28.4 Å². The number of aromatic nitrogens is 2. The molecule has 1 aliphatic rings. The number of ether oxygens (including phenoxy) is 1. The van der Waals surface area contributed by atoms with Gasteiger partial charge in [0.05, 0.1) is 23.6 Å². The molecule has 0 saturated carbocycles. The van der Waals surface area contributed by atoms with Crippen LogP contribution in [0.4, 0.5) is 0 Å². The number of rotatable bonds is 4. The van der Waals surface area contributed by atoms with Gasteiger partial charge in [0, 0.05) is 30.2 Å². The number of aromatic amines is 1. The summed E-state index contributed by atoms with van der Waals surface area (Å²) in [5.41, 5.74) is 7.87. The molecule has 3 aromatic rings. The van der Waals surface area contributed by atoms with Crippen LogP contribution in [0.1, 0.15) is 27.0 Å². The number of carboxylic acid groups (broad SMARTS) is 1. The van der Waals surface area contributed by atoms with E-state index < -0.39 is 5.97 Å². The predicted molar refractivity (Wildman–Crippen MR) is 89.9 cm³/mol. The highest BCUT2D eigenvalue weighted by atomic mass is 16.5. The average Bonchev–Trinajstić information content (AvgIpc) is 3.13. The minimum Gasteiger partial charge on any atom is -0.478 e. The molecule has 24 heavy (non-hydrogen) atoms. The Balaban J connectivity index is 1.71. The number of hydrogen-bond acceptors (Lipinski definition) is 3. The molecule has 1 aliphatic carbocycles. The SMILES string of the molecule is COCc1ccc2c(c1)Cc1c(-c3ccc(C(=O)O)cc3)n[nH]c1-2.